The number of allylic oxidation sites excluding steroid dienone is 1. The molecule has 0 bridgehead atoms. The van der Waals surface area contributed by atoms with Crippen molar-refractivity contribution in [1.29, 1.82) is 0 Å². The molecule has 2 heterocycles. The Morgan fingerprint density at radius 2 is 2.03 bits per heavy atom. The van der Waals surface area contributed by atoms with Crippen LogP contribution in [0.2, 0.25) is 0 Å². The van der Waals surface area contributed by atoms with Crippen molar-refractivity contribution >= 4 is 23.1 Å². The monoisotopic (exact) mass is 474 g/mol. The maximum absolute atomic E-state index is 4.39. The minimum atomic E-state index is 0.193. The van der Waals surface area contributed by atoms with Gasteiger partial charge in [-0.25, -0.2) is 0 Å². The Balaban J connectivity index is 1.18. The van der Waals surface area contributed by atoms with Crippen molar-refractivity contribution in [2.24, 2.45) is 5.92 Å². The largest absolute Gasteiger partial charge is 0.380 e. The van der Waals surface area contributed by atoms with E-state index in [1.165, 1.54) is 46.5 Å². The highest BCUT2D eigenvalue weighted by molar-refractivity contribution is 8.03. The Bertz CT molecular complexity index is 1050. The summed E-state index contributed by atoms with van der Waals surface area (Å²) in [5.74, 6) is 0.936. The number of thioether (sulfide) groups is 1. The van der Waals surface area contributed by atoms with E-state index in [2.05, 4.69) is 90.2 Å². The maximum atomic E-state index is 4.39. The van der Waals surface area contributed by atoms with Crippen LogP contribution in [0.1, 0.15) is 59.7 Å². The van der Waals surface area contributed by atoms with Crippen LogP contribution in [0.15, 0.2) is 60.0 Å². The zero-order valence-electron chi connectivity index (χ0n) is 20.5. The molecule has 2 aromatic rings. The highest BCUT2D eigenvalue weighted by Crippen LogP contribution is 2.44. The van der Waals surface area contributed by atoms with Gasteiger partial charge in [0.05, 0.1) is 6.04 Å². The van der Waals surface area contributed by atoms with E-state index >= 15 is 0 Å². The summed E-state index contributed by atoms with van der Waals surface area (Å²) in [7, 11) is 0. The molecule has 2 fully saturated rings. The number of hydrogen-bond acceptors (Lipinski definition) is 5. The van der Waals surface area contributed by atoms with Crippen LogP contribution in [-0.2, 0) is 0 Å². The molecule has 2 aromatic carbocycles. The molecular weight excluding hydrogens is 436 g/mol. The van der Waals surface area contributed by atoms with Crippen molar-refractivity contribution in [2.45, 2.75) is 50.4 Å². The summed E-state index contributed by atoms with van der Waals surface area (Å²) in [6.45, 7) is 13.0. The van der Waals surface area contributed by atoms with E-state index in [0.29, 0.717) is 11.3 Å². The fourth-order valence-electron chi connectivity index (χ4n) is 4.67. The smallest absolute Gasteiger partial charge is 0.0510 e. The van der Waals surface area contributed by atoms with Crippen LogP contribution in [0.5, 0.6) is 0 Å². The molecule has 180 valence electrons. The van der Waals surface area contributed by atoms with E-state index in [9.17, 15) is 0 Å². The third kappa shape index (κ3) is 5.88. The van der Waals surface area contributed by atoms with Crippen molar-refractivity contribution in [1.82, 2.24) is 16.0 Å². The number of aryl methyl sites for hydroxylation is 1. The number of rotatable bonds is 11. The van der Waals surface area contributed by atoms with Crippen molar-refractivity contribution in [3.05, 3.63) is 82.3 Å². The second-order valence-corrected chi connectivity index (χ2v) is 11.5. The molecule has 4 nitrogen and oxygen atoms in total. The van der Waals surface area contributed by atoms with Gasteiger partial charge in [0.25, 0.3) is 0 Å². The quantitative estimate of drug-likeness (QED) is 0.333. The van der Waals surface area contributed by atoms with E-state index < -0.39 is 0 Å². The first kappa shape index (κ1) is 23.5. The van der Waals surface area contributed by atoms with Crippen molar-refractivity contribution in [3.8, 4) is 0 Å². The average Bonchev–Trinajstić information content (AvgIpc) is 3.52. The van der Waals surface area contributed by atoms with Crippen molar-refractivity contribution in [2.75, 3.05) is 31.5 Å². The van der Waals surface area contributed by atoms with Gasteiger partial charge in [0, 0.05) is 47.9 Å². The van der Waals surface area contributed by atoms with E-state index in [4.69, 9.17) is 0 Å². The first-order valence-electron chi connectivity index (χ1n) is 12.7. The standard InChI is InChI=1S/C29H38N4S/c1-19-7-10-25(33-26-16-31-17-26)14-28(19)21(3)32-20(2)23-5-4-6-24(13-23)29-12-11-27(34-29)18-30-15-22-8-9-22/h4-7,10-11,13-14,20,22,26,29-33H,3,8-9,12,15-18H2,1-2H3. The first-order chi connectivity index (χ1) is 16.5. The molecule has 1 saturated carbocycles. The van der Waals surface area contributed by atoms with Gasteiger partial charge in [-0.15, -0.1) is 11.8 Å². The lowest BCUT2D eigenvalue weighted by atomic mass is 10.00. The van der Waals surface area contributed by atoms with Gasteiger partial charge < -0.3 is 21.3 Å². The minimum Gasteiger partial charge on any atom is -0.380 e. The van der Waals surface area contributed by atoms with Crippen LogP contribution >= 0.6 is 11.8 Å². The fourth-order valence-corrected chi connectivity index (χ4v) is 5.89. The van der Waals surface area contributed by atoms with E-state index in [-0.39, 0.29) is 6.04 Å². The second kappa shape index (κ2) is 10.6. The summed E-state index contributed by atoms with van der Waals surface area (Å²) in [5, 5.41) is 14.8. The number of hydrogen-bond donors (Lipinski definition) is 4. The van der Waals surface area contributed by atoms with E-state index in [1.807, 2.05) is 11.8 Å². The lowest BCUT2D eigenvalue weighted by Crippen LogP contribution is -2.51. The van der Waals surface area contributed by atoms with Crippen molar-refractivity contribution < 1.29 is 0 Å². The Hall–Kier alpha value is -2.21. The van der Waals surface area contributed by atoms with Gasteiger partial charge >= 0.3 is 0 Å². The van der Waals surface area contributed by atoms with Crippen LogP contribution in [0.25, 0.3) is 5.70 Å². The molecule has 1 aliphatic carbocycles. The van der Waals surface area contributed by atoms with Crippen LogP contribution in [0.3, 0.4) is 0 Å². The van der Waals surface area contributed by atoms with Crippen molar-refractivity contribution in [3.63, 3.8) is 0 Å². The molecule has 1 saturated heterocycles. The molecule has 2 aliphatic heterocycles. The first-order valence-corrected chi connectivity index (χ1v) is 13.6. The number of nitrogens with one attached hydrogen (secondary N) is 4. The fraction of sp³-hybridized carbons (Fsp3) is 0.448. The lowest BCUT2D eigenvalue weighted by Gasteiger charge is -2.29. The molecule has 0 radical (unpaired) electrons. The van der Waals surface area contributed by atoms with Gasteiger partial charge in [0.15, 0.2) is 0 Å². The summed E-state index contributed by atoms with van der Waals surface area (Å²) in [6.07, 6.45) is 6.37. The highest BCUT2D eigenvalue weighted by Gasteiger charge is 2.23. The zero-order valence-corrected chi connectivity index (χ0v) is 21.3. The number of anilines is 1. The van der Waals surface area contributed by atoms with Gasteiger partial charge in [-0.2, -0.15) is 0 Å². The summed E-state index contributed by atoms with van der Waals surface area (Å²) in [4.78, 5) is 1.50. The van der Waals surface area contributed by atoms with Gasteiger partial charge in [-0.3, -0.25) is 0 Å². The highest BCUT2D eigenvalue weighted by atomic mass is 32.2. The third-order valence-electron chi connectivity index (χ3n) is 7.17. The van der Waals surface area contributed by atoms with Crippen LogP contribution in [0.4, 0.5) is 5.69 Å². The summed E-state index contributed by atoms with van der Waals surface area (Å²) >= 11 is 2.03. The van der Waals surface area contributed by atoms with Gasteiger partial charge in [0.1, 0.15) is 0 Å². The Morgan fingerprint density at radius 3 is 2.79 bits per heavy atom. The number of benzene rings is 2. The predicted octanol–water partition coefficient (Wildman–Crippen LogP) is 5.76. The minimum absolute atomic E-state index is 0.193. The summed E-state index contributed by atoms with van der Waals surface area (Å²) < 4.78 is 0. The Labute approximate surface area is 209 Å². The normalized spacial score (nSPS) is 21.0. The molecule has 5 heteroatoms. The molecule has 0 amide bonds. The predicted molar refractivity (Wildman–Crippen MR) is 147 cm³/mol. The molecule has 3 aliphatic rings. The Kier molecular flexibility index (Phi) is 7.33. The molecule has 0 aromatic heterocycles. The van der Waals surface area contributed by atoms with Crippen LogP contribution < -0.4 is 21.3 Å². The van der Waals surface area contributed by atoms with Crippen LogP contribution in [0, 0.1) is 12.8 Å². The molecule has 0 spiro atoms. The SMILES string of the molecule is C=C(NC(C)c1cccc(C2CC=C(CNCC3CC3)S2)c1)c1cc(NC2CNC2)ccc1C. The van der Waals surface area contributed by atoms with Crippen LogP contribution in [-0.4, -0.2) is 32.2 Å². The molecule has 2 atom stereocenters. The van der Waals surface area contributed by atoms with E-state index in [1.54, 1.807) is 0 Å². The summed E-state index contributed by atoms with van der Waals surface area (Å²) in [6, 6.07) is 16.4. The van der Waals surface area contributed by atoms with Gasteiger partial charge in [-0.1, -0.05) is 43.0 Å². The topological polar surface area (TPSA) is 48.1 Å². The lowest BCUT2D eigenvalue weighted by molar-refractivity contribution is 0.472. The summed E-state index contributed by atoms with van der Waals surface area (Å²) in [5.41, 5.74) is 7.30. The molecule has 34 heavy (non-hydrogen) atoms. The van der Waals surface area contributed by atoms with Gasteiger partial charge in [-0.05, 0) is 79.3 Å². The Morgan fingerprint density at radius 1 is 1.18 bits per heavy atom. The van der Waals surface area contributed by atoms with Gasteiger partial charge in [0.2, 0.25) is 0 Å². The molecule has 2 unspecified atom stereocenters. The molecular formula is C29H38N4S. The zero-order chi connectivity index (χ0) is 23.5. The third-order valence-corrected chi connectivity index (χ3v) is 8.53. The maximum Gasteiger partial charge on any atom is 0.0510 e. The molecule has 4 N–H and O–H groups in total. The average molecular weight is 475 g/mol. The second-order valence-electron chi connectivity index (χ2n) is 10.1. The van der Waals surface area contributed by atoms with E-state index in [0.717, 1.165) is 43.4 Å². The molecule has 5 rings (SSSR count).